The summed E-state index contributed by atoms with van der Waals surface area (Å²) in [5.41, 5.74) is 6.03. The van der Waals surface area contributed by atoms with Gasteiger partial charge in [0.05, 0.1) is 0 Å². The van der Waals surface area contributed by atoms with Crippen molar-refractivity contribution in [2.45, 2.75) is 38.8 Å². The Bertz CT molecular complexity index is 97.4. The number of nitrogens with zero attached hydrogens (tertiary/aromatic N) is 1. The van der Waals surface area contributed by atoms with Crippen LogP contribution in [0.4, 0.5) is 0 Å². The van der Waals surface area contributed by atoms with Crippen molar-refractivity contribution in [3.63, 3.8) is 0 Å². The highest BCUT2D eigenvalue weighted by Gasteiger charge is 2.26. The lowest BCUT2D eigenvalue weighted by Crippen LogP contribution is -2.52. The molecule has 2 nitrogen and oxygen atoms in total. The molecule has 0 aromatic rings. The standard InChI is InChI=1S/C8H20N2/c1-6-7(9)8(2,3)10(4)5/h7H,6,9H2,1-5H3. The fourth-order valence-electron chi connectivity index (χ4n) is 0.831. The van der Waals surface area contributed by atoms with Crippen molar-refractivity contribution < 1.29 is 0 Å². The maximum Gasteiger partial charge on any atom is 0.0297 e. The third kappa shape index (κ3) is 1.96. The molecular formula is C8H20N2. The van der Waals surface area contributed by atoms with E-state index in [-0.39, 0.29) is 11.6 Å². The van der Waals surface area contributed by atoms with Gasteiger partial charge in [0, 0.05) is 11.6 Å². The summed E-state index contributed by atoms with van der Waals surface area (Å²) in [6.45, 7) is 6.46. The maximum absolute atomic E-state index is 5.91. The largest absolute Gasteiger partial charge is 0.326 e. The van der Waals surface area contributed by atoms with Crippen LogP contribution in [0.5, 0.6) is 0 Å². The van der Waals surface area contributed by atoms with Crippen molar-refractivity contribution in [3.05, 3.63) is 0 Å². The van der Waals surface area contributed by atoms with E-state index < -0.39 is 0 Å². The van der Waals surface area contributed by atoms with E-state index >= 15 is 0 Å². The molecule has 0 saturated carbocycles. The number of rotatable bonds is 3. The van der Waals surface area contributed by atoms with E-state index in [1.807, 2.05) is 0 Å². The molecular weight excluding hydrogens is 124 g/mol. The van der Waals surface area contributed by atoms with Crippen LogP contribution in [0, 0.1) is 0 Å². The van der Waals surface area contributed by atoms with E-state index in [2.05, 4.69) is 39.8 Å². The molecule has 0 aliphatic heterocycles. The summed E-state index contributed by atoms with van der Waals surface area (Å²) in [6, 6.07) is 0.266. The first kappa shape index (κ1) is 9.92. The lowest BCUT2D eigenvalue weighted by Gasteiger charge is -2.37. The second kappa shape index (κ2) is 3.35. The third-order valence-electron chi connectivity index (χ3n) is 2.50. The zero-order chi connectivity index (χ0) is 8.36. The van der Waals surface area contributed by atoms with E-state index in [9.17, 15) is 0 Å². The summed E-state index contributed by atoms with van der Waals surface area (Å²) in [6.07, 6.45) is 1.03. The Kier molecular flexibility index (Phi) is 3.33. The van der Waals surface area contributed by atoms with Crippen molar-refractivity contribution in [1.29, 1.82) is 0 Å². The third-order valence-corrected chi connectivity index (χ3v) is 2.50. The van der Waals surface area contributed by atoms with Crippen molar-refractivity contribution in [2.75, 3.05) is 14.1 Å². The molecule has 10 heavy (non-hydrogen) atoms. The average molecular weight is 144 g/mol. The molecule has 2 N–H and O–H groups in total. The van der Waals surface area contributed by atoms with E-state index in [1.54, 1.807) is 0 Å². The highest BCUT2D eigenvalue weighted by molar-refractivity contribution is 4.87. The minimum absolute atomic E-state index is 0.120. The second-order valence-electron chi connectivity index (χ2n) is 3.56. The van der Waals surface area contributed by atoms with Crippen molar-refractivity contribution in [2.24, 2.45) is 5.73 Å². The molecule has 0 fully saturated rings. The van der Waals surface area contributed by atoms with E-state index in [1.165, 1.54) is 0 Å². The summed E-state index contributed by atoms with van der Waals surface area (Å²) in [4.78, 5) is 2.17. The van der Waals surface area contributed by atoms with E-state index in [0.29, 0.717) is 0 Å². The van der Waals surface area contributed by atoms with Gasteiger partial charge in [0.2, 0.25) is 0 Å². The van der Waals surface area contributed by atoms with Gasteiger partial charge >= 0.3 is 0 Å². The monoisotopic (exact) mass is 144 g/mol. The summed E-state index contributed by atoms with van der Waals surface area (Å²) in [5, 5.41) is 0. The van der Waals surface area contributed by atoms with Crippen molar-refractivity contribution in [1.82, 2.24) is 4.90 Å². The van der Waals surface area contributed by atoms with E-state index in [0.717, 1.165) is 6.42 Å². The molecule has 0 radical (unpaired) electrons. The fourth-order valence-corrected chi connectivity index (χ4v) is 0.831. The Labute approximate surface area is 64.4 Å². The van der Waals surface area contributed by atoms with Gasteiger partial charge in [-0.2, -0.15) is 0 Å². The molecule has 2 heteroatoms. The number of hydrogen-bond acceptors (Lipinski definition) is 2. The van der Waals surface area contributed by atoms with Crippen LogP contribution in [0.15, 0.2) is 0 Å². The average Bonchev–Trinajstić information content (AvgIpc) is 1.86. The van der Waals surface area contributed by atoms with Crippen molar-refractivity contribution in [3.8, 4) is 0 Å². The molecule has 0 bridgehead atoms. The van der Waals surface area contributed by atoms with E-state index in [4.69, 9.17) is 5.73 Å². The molecule has 62 valence electrons. The minimum atomic E-state index is 0.120. The first-order valence-corrected chi connectivity index (χ1v) is 3.86. The Morgan fingerprint density at radius 1 is 1.40 bits per heavy atom. The summed E-state index contributed by atoms with van der Waals surface area (Å²) < 4.78 is 0. The molecule has 0 spiro atoms. The topological polar surface area (TPSA) is 29.3 Å². The SMILES string of the molecule is CCC(N)C(C)(C)N(C)C. The van der Waals surface area contributed by atoms with Gasteiger partial charge in [0.1, 0.15) is 0 Å². The zero-order valence-electron chi connectivity index (χ0n) is 7.81. The molecule has 0 amide bonds. The zero-order valence-corrected chi connectivity index (χ0v) is 7.81. The Morgan fingerprint density at radius 2 is 1.80 bits per heavy atom. The number of hydrogen-bond donors (Lipinski definition) is 1. The summed E-state index contributed by atoms with van der Waals surface area (Å²) >= 11 is 0. The quantitative estimate of drug-likeness (QED) is 0.642. The van der Waals surface area contributed by atoms with Gasteiger partial charge in [-0.1, -0.05) is 6.92 Å². The van der Waals surface area contributed by atoms with Crippen LogP contribution in [-0.2, 0) is 0 Å². The van der Waals surface area contributed by atoms with Crippen LogP contribution < -0.4 is 5.73 Å². The molecule has 0 aliphatic rings. The Hall–Kier alpha value is -0.0800. The Morgan fingerprint density at radius 3 is 1.90 bits per heavy atom. The molecule has 0 rings (SSSR count). The normalized spacial score (nSPS) is 15.9. The maximum atomic E-state index is 5.91. The lowest BCUT2D eigenvalue weighted by molar-refractivity contribution is 0.156. The molecule has 1 atom stereocenters. The molecule has 0 aromatic heterocycles. The van der Waals surface area contributed by atoms with Crippen LogP contribution in [0.3, 0.4) is 0 Å². The molecule has 0 aliphatic carbocycles. The number of nitrogens with two attached hydrogens (primary N) is 1. The smallest absolute Gasteiger partial charge is 0.0297 e. The predicted octanol–water partition coefficient (Wildman–Crippen LogP) is 1.06. The van der Waals surface area contributed by atoms with Crippen LogP contribution in [-0.4, -0.2) is 30.6 Å². The number of likely N-dealkylation sites (N-methyl/N-ethyl adjacent to an activating group) is 1. The van der Waals surface area contributed by atoms with Gasteiger partial charge in [-0.25, -0.2) is 0 Å². The van der Waals surface area contributed by atoms with Crippen molar-refractivity contribution >= 4 is 0 Å². The van der Waals surface area contributed by atoms with Gasteiger partial charge in [0.15, 0.2) is 0 Å². The van der Waals surface area contributed by atoms with Gasteiger partial charge in [-0.05, 0) is 34.4 Å². The first-order valence-electron chi connectivity index (χ1n) is 3.86. The Balaban J connectivity index is 4.09. The highest BCUT2D eigenvalue weighted by atomic mass is 15.2. The van der Waals surface area contributed by atoms with Gasteiger partial charge in [-0.15, -0.1) is 0 Å². The lowest BCUT2D eigenvalue weighted by atomic mass is 9.92. The van der Waals surface area contributed by atoms with Gasteiger partial charge < -0.3 is 10.6 Å². The van der Waals surface area contributed by atoms with Crippen LogP contribution >= 0.6 is 0 Å². The van der Waals surface area contributed by atoms with Gasteiger partial charge in [0.25, 0.3) is 0 Å². The first-order chi connectivity index (χ1) is 4.42. The van der Waals surface area contributed by atoms with Crippen LogP contribution in [0.2, 0.25) is 0 Å². The minimum Gasteiger partial charge on any atom is -0.326 e. The summed E-state index contributed by atoms with van der Waals surface area (Å²) in [5.74, 6) is 0. The van der Waals surface area contributed by atoms with Crippen LogP contribution in [0.1, 0.15) is 27.2 Å². The van der Waals surface area contributed by atoms with Gasteiger partial charge in [-0.3, -0.25) is 0 Å². The summed E-state index contributed by atoms with van der Waals surface area (Å²) in [7, 11) is 4.13. The van der Waals surface area contributed by atoms with Crippen LogP contribution in [0.25, 0.3) is 0 Å². The molecule has 0 heterocycles. The highest BCUT2D eigenvalue weighted by Crippen LogP contribution is 2.15. The predicted molar refractivity (Wildman–Crippen MR) is 46.0 cm³/mol. The second-order valence-corrected chi connectivity index (χ2v) is 3.56. The molecule has 0 aromatic carbocycles. The molecule has 1 unspecified atom stereocenters. The molecule has 0 saturated heterocycles. The fraction of sp³-hybridized carbons (Fsp3) is 1.00.